The first-order valence-electron chi connectivity index (χ1n) is 6.71. The number of halogens is 1. The number of carbonyl (C=O) groups is 1. The van der Waals surface area contributed by atoms with Gasteiger partial charge in [0.05, 0.1) is 0 Å². The molecule has 1 aliphatic rings. The van der Waals surface area contributed by atoms with Crippen LogP contribution in [0.1, 0.15) is 30.4 Å². The highest BCUT2D eigenvalue weighted by Crippen LogP contribution is 2.26. The standard InChI is InChI=1S/C15H20INO/c16-8-4-1-5-9-17-15(18)14-10-12-6-2-3-7-13(12)11-14/h2-3,6-7,14H,1,4-5,8-11H2,(H,17,18). The molecular weight excluding hydrogens is 337 g/mol. The molecule has 1 aromatic carbocycles. The second-order valence-electron chi connectivity index (χ2n) is 4.91. The Morgan fingerprint density at radius 2 is 1.83 bits per heavy atom. The summed E-state index contributed by atoms with van der Waals surface area (Å²) in [5.41, 5.74) is 2.70. The third-order valence-corrected chi connectivity index (χ3v) is 4.29. The van der Waals surface area contributed by atoms with Crippen molar-refractivity contribution >= 4 is 28.5 Å². The summed E-state index contributed by atoms with van der Waals surface area (Å²) in [6.45, 7) is 0.836. The van der Waals surface area contributed by atoms with Gasteiger partial charge in [0.15, 0.2) is 0 Å². The molecule has 98 valence electrons. The lowest BCUT2D eigenvalue weighted by molar-refractivity contribution is -0.124. The quantitative estimate of drug-likeness (QED) is 0.473. The van der Waals surface area contributed by atoms with E-state index in [1.54, 1.807) is 0 Å². The summed E-state index contributed by atoms with van der Waals surface area (Å²) in [7, 11) is 0. The zero-order chi connectivity index (χ0) is 12.8. The van der Waals surface area contributed by atoms with Gasteiger partial charge in [-0.3, -0.25) is 4.79 Å². The summed E-state index contributed by atoms with van der Waals surface area (Å²) < 4.78 is 1.21. The Balaban J connectivity index is 1.72. The van der Waals surface area contributed by atoms with E-state index >= 15 is 0 Å². The average molecular weight is 357 g/mol. The third-order valence-electron chi connectivity index (χ3n) is 3.53. The molecule has 1 N–H and O–H groups in total. The fourth-order valence-electron chi connectivity index (χ4n) is 2.50. The van der Waals surface area contributed by atoms with Crippen LogP contribution in [0.4, 0.5) is 0 Å². The molecule has 0 atom stereocenters. The molecule has 0 aliphatic heterocycles. The first-order chi connectivity index (χ1) is 8.81. The minimum atomic E-state index is 0.159. The van der Waals surface area contributed by atoms with Gasteiger partial charge in [-0.05, 0) is 41.2 Å². The van der Waals surface area contributed by atoms with E-state index in [9.17, 15) is 4.79 Å². The van der Waals surface area contributed by atoms with E-state index in [-0.39, 0.29) is 11.8 Å². The lowest BCUT2D eigenvalue weighted by Crippen LogP contribution is -2.31. The molecule has 1 aliphatic carbocycles. The molecule has 2 nitrogen and oxygen atoms in total. The SMILES string of the molecule is O=C(NCCCCCI)C1Cc2ccccc2C1. The number of fused-ring (bicyclic) bond motifs is 1. The average Bonchev–Trinajstić information content (AvgIpc) is 2.82. The van der Waals surface area contributed by atoms with E-state index < -0.39 is 0 Å². The van der Waals surface area contributed by atoms with Crippen molar-refractivity contribution in [1.82, 2.24) is 5.32 Å². The molecule has 0 heterocycles. The Labute approximate surface area is 123 Å². The van der Waals surface area contributed by atoms with Crippen LogP contribution < -0.4 is 5.32 Å². The van der Waals surface area contributed by atoms with Gasteiger partial charge in [0.1, 0.15) is 0 Å². The van der Waals surface area contributed by atoms with Crippen LogP contribution in [-0.4, -0.2) is 16.9 Å². The van der Waals surface area contributed by atoms with Crippen LogP contribution in [0.3, 0.4) is 0 Å². The molecule has 18 heavy (non-hydrogen) atoms. The van der Waals surface area contributed by atoms with Gasteiger partial charge in [-0.1, -0.05) is 53.3 Å². The molecule has 0 fully saturated rings. The fraction of sp³-hybridized carbons (Fsp3) is 0.533. The number of nitrogens with one attached hydrogen (secondary N) is 1. The van der Waals surface area contributed by atoms with Crippen molar-refractivity contribution in [3.8, 4) is 0 Å². The van der Waals surface area contributed by atoms with Crippen molar-refractivity contribution < 1.29 is 4.79 Å². The lowest BCUT2D eigenvalue weighted by Gasteiger charge is -2.10. The van der Waals surface area contributed by atoms with Gasteiger partial charge in [0, 0.05) is 12.5 Å². The Morgan fingerprint density at radius 3 is 2.44 bits per heavy atom. The van der Waals surface area contributed by atoms with Crippen molar-refractivity contribution in [1.29, 1.82) is 0 Å². The smallest absolute Gasteiger partial charge is 0.223 e. The first kappa shape index (κ1) is 13.8. The van der Waals surface area contributed by atoms with Crippen molar-refractivity contribution in [2.45, 2.75) is 32.1 Å². The topological polar surface area (TPSA) is 29.1 Å². The van der Waals surface area contributed by atoms with Gasteiger partial charge >= 0.3 is 0 Å². The predicted octanol–water partition coefficient (Wildman–Crippen LogP) is 3.12. The van der Waals surface area contributed by atoms with Crippen LogP contribution >= 0.6 is 22.6 Å². The van der Waals surface area contributed by atoms with Crippen LogP contribution in [-0.2, 0) is 17.6 Å². The number of rotatable bonds is 6. The highest BCUT2D eigenvalue weighted by molar-refractivity contribution is 14.1. The predicted molar refractivity (Wildman–Crippen MR) is 83.1 cm³/mol. The van der Waals surface area contributed by atoms with E-state index in [0.29, 0.717) is 0 Å². The molecule has 2 rings (SSSR count). The molecule has 0 unspecified atom stereocenters. The maximum atomic E-state index is 12.0. The highest BCUT2D eigenvalue weighted by atomic mass is 127. The van der Waals surface area contributed by atoms with Gasteiger partial charge in [-0.15, -0.1) is 0 Å². The second-order valence-corrected chi connectivity index (χ2v) is 5.99. The number of amides is 1. The van der Waals surface area contributed by atoms with E-state index in [1.165, 1.54) is 28.4 Å². The van der Waals surface area contributed by atoms with E-state index in [1.807, 2.05) is 0 Å². The van der Waals surface area contributed by atoms with E-state index in [4.69, 9.17) is 0 Å². The Bertz CT molecular complexity index is 380. The fourth-order valence-corrected chi connectivity index (χ4v) is 3.04. The van der Waals surface area contributed by atoms with Gasteiger partial charge < -0.3 is 5.32 Å². The molecule has 1 amide bonds. The van der Waals surface area contributed by atoms with Crippen molar-refractivity contribution in [3.05, 3.63) is 35.4 Å². The van der Waals surface area contributed by atoms with Crippen LogP contribution in [0.15, 0.2) is 24.3 Å². The maximum absolute atomic E-state index is 12.0. The molecule has 1 aromatic rings. The van der Waals surface area contributed by atoms with E-state index in [2.05, 4.69) is 52.2 Å². The zero-order valence-corrected chi connectivity index (χ0v) is 12.8. The van der Waals surface area contributed by atoms with Crippen LogP contribution in [0, 0.1) is 5.92 Å². The molecule has 0 spiro atoms. The lowest BCUT2D eigenvalue weighted by atomic mass is 10.1. The van der Waals surface area contributed by atoms with Crippen molar-refractivity contribution in [2.75, 3.05) is 11.0 Å². The van der Waals surface area contributed by atoms with Gasteiger partial charge in [0.25, 0.3) is 0 Å². The van der Waals surface area contributed by atoms with E-state index in [0.717, 1.165) is 25.8 Å². The monoisotopic (exact) mass is 357 g/mol. The molecule has 0 bridgehead atoms. The molecule has 0 radical (unpaired) electrons. The van der Waals surface area contributed by atoms with Crippen LogP contribution in [0.2, 0.25) is 0 Å². The summed E-state index contributed by atoms with van der Waals surface area (Å²) in [5, 5.41) is 3.08. The number of carbonyl (C=O) groups excluding carboxylic acids is 1. The number of alkyl halides is 1. The maximum Gasteiger partial charge on any atom is 0.223 e. The molecule has 0 aromatic heterocycles. The number of hydrogen-bond donors (Lipinski definition) is 1. The third kappa shape index (κ3) is 3.70. The second kappa shape index (κ2) is 7.12. The van der Waals surface area contributed by atoms with Crippen LogP contribution in [0.25, 0.3) is 0 Å². The van der Waals surface area contributed by atoms with Crippen LogP contribution in [0.5, 0.6) is 0 Å². The van der Waals surface area contributed by atoms with Crippen molar-refractivity contribution in [2.24, 2.45) is 5.92 Å². The first-order valence-corrected chi connectivity index (χ1v) is 8.24. The summed E-state index contributed by atoms with van der Waals surface area (Å²) in [6.07, 6.45) is 5.40. The zero-order valence-electron chi connectivity index (χ0n) is 10.6. The number of unbranched alkanes of at least 4 members (excludes halogenated alkanes) is 2. The number of hydrogen-bond acceptors (Lipinski definition) is 1. The number of benzene rings is 1. The Morgan fingerprint density at radius 1 is 1.17 bits per heavy atom. The largest absolute Gasteiger partial charge is 0.356 e. The summed E-state index contributed by atoms with van der Waals surface area (Å²) in [6, 6.07) is 8.40. The molecule has 0 saturated heterocycles. The molecular formula is C15H20INO. The van der Waals surface area contributed by atoms with Gasteiger partial charge in [-0.25, -0.2) is 0 Å². The summed E-state index contributed by atoms with van der Waals surface area (Å²) >= 11 is 2.40. The summed E-state index contributed by atoms with van der Waals surface area (Å²) in [4.78, 5) is 12.0. The normalized spacial score (nSPS) is 14.5. The van der Waals surface area contributed by atoms with Gasteiger partial charge in [-0.2, -0.15) is 0 Å². The summed E-state index contributed by atoms with van der Waals surface area (Å²) in [5.74, 6) is 0.396. The van der Waals surface area contributed by atoms with Crippen molar-refractivity contribution in [3.63, 3.8) is 0 Å². The van der Waals surface area contributed by atoms with Gasteiger partial charge in [0.2, 0.25) is 5.91 Å². The Kier molecular flexibility index (Phi) is 5.47. The highest BCUT2D eigenvalue weighted by Gasteiger charge is 2.26. The Hall–Kier alpha value is -0.580. The minimum Gasteiger partial charge on any atom is -0.356 e. The molecule has 3 heteroatoms. The minimum absolute atomic E-state index is 0.159. The molecule has 0 saturated carbocycles.